The molecule has 66 valence electrons. The van der Waals surface area contributed by atoms with Crippen LogP contribution in [0.5, 0.6) is 0 Å². The first-order chi connectivity index (χ1) is 5.47. The van der Waals surface area contributed by atoms with Crippen LogP contribution in [0.15, 0.2) is 6.07 Å². The maximum Gasteiger partial charge on any atom is 0.131 e. The van der Waals surface area contributed by atoms with E-state index in [4.69, 9.17) is 0 Å². The summed E-state index contributed by atoms with van der Waals surface area (Å²) in [7, 11) is 1.87. The Balaban J connectivity index is 3.12. The van der Waals surface area contributed by atoms with E-state index in [9.17, 15) is 4.79 Å². The molecule has 0 bridgehead atoms. The summed E-state index contributed by atoms with van der Waals surface area (Å²) < 4.78 is 1.78. The van der Waals surface area contributed by atoms with Gasteiger partial charge in [-0.05, 0) is 26.8 Å². The molecule has 1 aromatic heterocycles. The van der Waals surface area contributed by atoms with Crippen molar-refractivity contribution in [2.75, 3.05) is 0 Å². The molecule has 0 atom stereocenters. The SMILES string of the molecule is Cc1cc(C(C)(C)C=O)nn1C. The Bertz CT molecular complexity index is 280. The van der Waals surface area contributed by atoms with Gasteiger partial charge in [-0.2, -0.15) is 5.10 Å². The zero-order valence-electron chi connectivity index (χ0n) is 7.96. The predicted octanol–water partition coefficient (Wildman–Crippen LogP) is 1.21. The summed E-state index contributed by atoms with van der Waals surface area (Å²) in [5.74, 6) is 0. The molecule has 1 heterocycles. The van der Waals surface area contributed by atoms with Crippen LogP contribution in [-0.2, 0) is 17.3 Å². The molecule has 1 aromatic rings. The molecule has 0 aliphatic rings. The van der Waals surface area contributed by atoms with Gasteiger partial charge < -0.3 is 4.79 Å². The second kappa shape index (κ2) is 2.73. The van der Waals surface area contributed by atoms with Gasteiger partial charge in [0, 0.05) is 12.7 Å². The van der Waals surface area contributed by atoms with Crippen molar-refractivity contribution in [2.24, 2.45) is 7.05 Å². The smallest absolute Gasteiger partial charge is 0.131 e. The highest BCUT2D eigenvalue weighted by atomic mass is 16.1. The van der Waals surface area contributed by atoms with Crippen LogP contribution in [0, 0.1) is 6.92 Å². The summed E-state index contributed by atoms with van der Waals surface area (Å²) in [5, 5.41) is 4.24. The Morgan fingerprint density at radius 3 is 2.50 bits per heavy atom. The zero-order chi connectivity index (χ0) is 9.35. The van der Waals surface area contributed by atoms with Crippen molar-refractivity contribution in [3.8, 4) is 0 Å². The quantitative estimate of drug-likeness (QED) is 0.619. The number of rotatable bonds is 2. The minimum absolute atomic E-state index is 0.466. The van der Waals surface area contributed by atoms with Gasteiger partial charge in [0.2, 0.25) is 0 Å². The molecule has 0 fully saturated rings. The minimum Gasteiger partial charge on any atom is -0.302 e. The molecular weight excluding hydrogens is 152 g/mol. The molecule has 0 spiro atoms. The van der Waals surface area contributed by atoms with Crippen molar-refractivity contribution in [1.29, 1.82) is 0 Å². The molecule has 1 rings (SSSR count). The molecule has 0 amide bonds. The van der Waals surface area contributed by atoms with Crippen molar-refractivity contribution >= 4 is 6.29 Å². The number of aryl methyl sites for hydroxylation is 2. The van der Waals surface area contributed by atoms with Gasteiger partial charge in [0.25, 0.3) is 0 Å². The number of hydrogen-bond acceptors (Lipinski definition) is 2. The summed E-state index contributed by atoms with van der Waals surface area (Å²) in [6.45, 7) is 5.70. The average molecular weight is 166 g/mol. The average Bonchev–Trinajstić information content (AvgIpc) is 2.33. The third-order valence-electron chi connectivity index (χ3n) is 2.07. The molecule has 0 aliphatic carbocycles. The van der Waals surface area contributed by atoms with Gasteiger partial charge in [0.15, 0.2) is 0 Å². The third-order valence-corrected chi connectivity index (χ3v) is 2.07. The van der Waals surface area contributed by atoms with Crippen LogP contribution >= 0.6 is 0 Å². The number of carbonyl (C=O) groups excluding carboxylic acids is 1. The Morgan fingerprint density at radius 1 is 1.58 bits per heavy atom. The maximum atomic E-state index is 10.7. The topological polar surface area (TPSA) is 34.9 Å². The summed E-state index contributed by atoms with van der Waals surface area (Å²) in [5.41, 5.74) is 1.43. The highest BCUT2D eigenvalue weighted by molar-refractivity contribution is 5.65. The second-order valence-electron chi connectivity index (χ2n) is 3.63. The van der Waals surface area contributed by atoms with Crippen LogP contribution in [0.25, 0.3) is 0 Å². The third kappa shape index (κ3) is 1.40. The van der Waals surface area contributed by atoms with Gasteiger partial charge in [-0.3, -0.25) is 4.68 Å². The fourth-order valence-corrected chi connectivity index (χ4v) is 0.936. The van der Waals surface area contributed by atoms with E-state index >= 15 is 0 Å². The van der Waals surface area contributed by atoms with Crippen LogP contribution in [0.4, 0.5) is 0 Å². The summed E-state index contributed by atoms with van der Waals surface area (Å²) in [6, 6.07) is 1.94. The van der Waals surface area contributed by atoms with E-state index in [-0.39, 0.29) is 0 Å². The van der Waals surface area contributed by atoms with Crippen LogP contribution in [-0.4, -0.2) is 16.1 Å². The molecular formula is C9H14N2O. The number of hydrogen-bond donors (Lipinski definition) is 0. The lowest BCUT2D eigenvalue weighted by Gasteiger charge is -2.12. The van der Waals surface area contributed by atoms with Crippen molar-refractivity contribution in [3.05, 3.63) is 17.5 Å². The van der Waals surface area contributed by atoms with Gasteiger partial charge in [-0.15, -0.1) is 0 Å². The van der Waals surface area contributed by atoms with E-state index in [0.29, 0.717) is 0 Å². The fourth-order valence-electron chi connectivity index (χ4n) is 0.936. The van der Waals surface area contributed by atoms with E-state index in [2.05, 4.69) is 5.10 Å². The number of aldehydes is 1. The fraction of sp³-hybridized carbons (Fsp3) is 0.556. The molecule has 12 heavy (non-hydrogen) atoms. The summed E-state index contributed by atoms with van der Waals surface area (Å²) in [4.78, 5) is 10.7. The van der Waals surface area contributed by atoms with Crippen LogP contribution in [0.3, 0.4) is 0 Å². The number of nitrogens with zero attached hydrogens (tertiary/aromatic N) is 2. The van der Waals surface area contributed by atoms with E-state index in [1.807, 2.05) is 33.9 Å². The predicted molar refractivity (Wildman–Crippen MR) is 47.0 cm³/mol. The molecule has 0 saturated heterocycles. The number of aromatic nitrogens is 2. The Morgan fingerprint density at radius 2 is 2.17 bits per heavy atom. The monoisotopic (exact) mass is 166 g/mol. The molecule has 0 N–H and O–H groups in total. The molecule has 3 heteroatoms. The molecule has 0 radical (unpaired) electrons. The standard InChI is InChI=1S/C9H14N2O/c1-7-5-8(10-11(7)4)9(2,3)6-12/h5-6H,1-4H3. The Labute approximate surface area is 72.4 Å². The Hall–Kier alpha value is -1.12. The van der Waals surface area contributed by atoms with Gasteiger partial charge in [0.05, 0.1) is 11.1 Å². The zero-order valence-corrected chi connectivity index (χ0v) is 7.96. The first-order valence-electron chi connectivity index (χ1n) is 3.95. The highest BCUT2D eigenvalue weighted by Gasteiger charge is 2.22. The van der Waals surface area contributed by atoms with Crippen molar-refractivity contribution < 1.29 is 4.79 Å². The van der Waals surface area contributed by atoms with E-state index in [1.54, 1.807) is 4.68 Å². The number of carbonyl (C=O) groups is 1. The van der Waals surface area contributed by atoms with E-state index < -0.39 is 5.41 Å². The summed E-state index contributed by atoms with van der Waals surface area (Å²) >= 11 is 0. The van der Waals surface area contributed by atoms with Crippen LogP contribution < -0.4 is 0 Å². The maximum absolute atomic E-state index is 10.7. The first kappa shape index (κ1) is 8.97. The van der Waals surface area contributed by atoms with Gasteiger partial charge in [-0.25, -0.2) is 0 Å². The van der Waals surface area contributed by atoms with Crippen LogP contribution in [0.1, 0.15) is 25.2 Å². The second-order valence-corrected chi connectivity index (χ2v) is 3.63. The summed E-state index contributed by atoms with van der Waals surface area (Å²) in [6.07, 6.45) is 0.925. The lowest BCUT2D eigenvalue weighted by molar-refractivity contribution is -0.111. The van der Waals surface area contributed by atoms with E-state index in [1.165, 1.54) is 0 Å². The molecule has 0 saturated carbocycles. The highest BCUT2D eigenvalue weighted by Crippen LogP contribution is 2.19. The largest absolute Gasteiger partial charge is 0.302 e. The molecule has 0 aliphatic heterocycles. The first-order valence-corrected chi connectivity index (χ1v) is 3.95. The molecule has 0 unspecified atom stereocenters. The van der Waals surface area contributed by atoms with Crippen molar-refractivity contribution in [2.45, 2.75) is 26.2 Å². The van der Waals surface area contributed by atoms with Crippen LogP contribution in [0.2, 0.25) is 0 Å². The van der Waals surface area contributed by atoms with Crippen molar-refractivity contribution in [3.63, 3.8) is 0 Å². The lowest BCUT2D eigenvalue weighted by Crippen LogP contribution is -2.19. The molecule has 3 nitrogen and oxygen atoms in total. The van der Waals surface area contributed by atoms with Gasteiger partial charge in [-0.1, -0.05) is 0 Å². The Kier molecular flexibility index (Phi) is 2.04. The lowest BCUT2D eigenvalue weighted by atomic mass is 9.91. The van der Waals surface area contributed by atoms with Gasteiger partial charge in [0.1, 0.15) is 6.29 Å². The van der Waals surface area contributed by atoms with E-state index in [0.717, 1.165) is 17.7 Å². The minimum atomic E-state index is -0.466. The van der Waals surface area contributed by atoms with Crippen molar-refractivity contribution in [1.82, 2.24) is 9.78 Å². The van der Waals surface area contributed by atoms with Gasteiger partial charge >= 0.3 is 0 Å². The molecule has 0 aromatic carbocycles. The normalized spacial score (nSPS) is 11.7.